The molecule has 0 rings (SSSR count). The van der Waals surface area contributed by atoms with Gasteiger partial charge in [0.1, 0.15) is 19.3 Å². The number of hydrogen-bond donors (Lipinski definition) is 3. The van der Waals surface area contributed by atoms with Gasteiger partial charge in [0, 0.05) is 25.7 Å². The predicted molar refractivity (Wildman–Crippen MR) is 381 cm³/mol. The van der Waals surface area contributed by atoms with E-state index in [0.29, 0.717) is 31.6 Å². The van der Waals surface area contributed by atoms with E-state index in [1.54, 1.807) is 0 Å². The van der Waals surface area contributed by atoms with Gasteiger partial charge in [0.05, 0.1) is 26.4 Å². The molecule has 19 heteroatoms. The van der Waals surface area contributed by atoms with E-state index in [-0.39, 0.29) is 25.7 Å². The van der Waals surface area contributed by atoms with Crippen molar-refractivity contribution in [2.75, 3.05) is 39.6 Å². The van der Waals surface area contributed by atoms with Crippen LogP contribution in [0.4, 0.5) is 0 Å². The summed E-state index contributed by atoms with van der Waals surface area (Å²) in [5.74, 6) is 0.0952. The van der Waals surface area contributed by atoms with Crippen molar-refractivity contribution in [3.63, 3.8) is 0 Å². The molecule has 0 aliphatic carbocycles. The molecule has 5 atom stereocenters. The third kappa shape index (κ3) is 68.6. The lowest BCUT2D eigenvalue weighted by Crippen LogP contribution is -2.30. The van der Waals surface area contributed by atoms with Gasteiger partial charge in [-0.3, -0.25) is 37.3 Å². The largest absolute Gasteiger partial charge is 0.472 e. The highest BCUT2D eigenvalue weighted by Gasteiger charge is 2.30. The smallest absolute Gasteiger partial charge is 0.462 e. The molecular weight excluding hydrogens is 1230 g/mol. The molecule has 0 aliphatic heterocycles. The van der Waals surface area contributed by atoms with Crippen LogP contribution >= 0.6 is 15.6 Å². The molecule has 17 nitrogen and oxygen atoms in total. The van der Waals surface area contributed by atoms with Crippen molar-refractivity contribution >= 4 is 39.5 Å². The first-order valence-electron chi connectivity index (χ1n) is 38.8. The number of esters is 4. The van der Waals surface area contributed by atoms with Crippen molar-refractivity contribution in [1.29, 1.82) is 0 Å². The van der Waals surface area contributed by atoms with Gasteiger partial charge in [-0.1, -0.05) is 331 Å². The Morgan fingerprint density at radius 2 is 0.489 bits per heavy atom. The maximum absolute atomic E-state index is 13.1. The molecule has 0 aromatic heterocycles. The van der Waals surface area contributed by atoms with Gasteiger partial charge in [-0.2, -0.15) is 0 Å². The van der Waals surface area contributed by atoms with Crippen molar-refractivity contribution in [1.82, 2.24) is 0 Å². The summed E-state index contributed by atoms with van der Waals surface area (Å²) in [6.45, 7) is 11.8. The SMILES string of the molecule is CCCCCCCCCCCCCCCC(=O)OC[C@H](COP(=O)(O)OC[C@@H](O)COP(=O)(O)OC[C@@H](COC(=O)CCCCCCCCC(C)C)OC(=O)CCCCCCCCCCC(C)C)OC(=O)CCCCCCCCCCCCCCCCCCCCC(C)C. The second-order valence-electron chi connectivity index (χ2n) is 28.5. The van der Waals surface area contributed by atoms with E-state index in [0.717, 1.165) is 108 Å². The van der Waals surface area contributed by atoms with Crippen molar-refractivity contribution in [2.45, 2.75) is 401 Å². The van der Waals surface area contributed by atoms with Crippen LogP contribution in [0, 0.1) is 17.8 Å². The Hall–Kier alpha value is -1.94. The zero-order valence-electron chi connectivity index (χ0n) is 61.4. The van der Waals surface area contributed by atoms with Gasteiger partial charge in [0.2, 0.25) is 0 Å². The number of aliphatic hydroxyl groups is 1. The average Bonchev–Trinajstić information content (AvgIpc) is 1.22. The highest BCUT2D eigenvalue weighted by molar-refractivity contribution is 7.47. The Morgan fingerprint density at radius 1 is 0.287 bits per heavy atom. The number of phosphoric acid groups is 2. The first-order chi connectivity index (χ1) is 45.2. The second-order valence-corrected chi connectivity index (χ2v) is 31.4. The number of carbonyl (C=O) groups is 4. The molecule has 0 heterocycles. The molecule has 0 radical (unpaired) electrons. The maximum atomic E-state index is 13.1. The van der Waals surface area contributed by atoms with E-state index in [1.165, 1.54) is 186 Å². The second kappa shape index (κ2) is 65.7. The highest BCUT2D eigenvalue weighted by atomic mass is 31.2. The summed E-state index contributed by atoms with van der Waals surface area (Å²) in [7, 11) is -9.91. The van der Waals surface area contributed by atoms with E-state index >= 15 is 0 Å². The molecule has 0 aromatic rings. The average molecular weight is 1380 g/mol. The fourth-order valence-corrected chi connectivity index (χ4v) is 13.0. The molecule has 0 saturated carbocycles. The molecule has 0 bridgehead atoms. The zero-order valence-corrected chi connectivity index (χ0v) is 63.2. The summed E-state index contributed by atoms with van der Waals surface area (Å²) in [5.41, 5.74) is 0. The monoisotopic (exact) mass is 1380 g/mol. The lowest BCUT2D eigenvalue weighted by molar-refractivity contribution is -0.161. The van der Waals surface area contributed by atoms with Gasteiger partial charge in [0.25, 0.3) is 0 Å². The molecule has 0 aliphatic rings. The topological polar surface area (TPSA) is 237 Å². The fourth-order valence-electron chi connectivity index (χ4n) is 11.4. The number of rotatable bonds is 73. The predicted octanol–water partition coefficient (Wildman–Crippen LogP) is 21.8. The first kappa shape index (κ1) is 92.1. The van der Waals surface area contributed by atoms with E-state index < -0.39 is 97.5 Å². The molecule has 0 spiro atoms. The molecule has 558 valence electrons. The van der Waals surface area contributed by atoms with Gasteiger partial charge in [-0.25, -0.2) is 9.13 Å². The zero-order chi connectivity index (χ0) is 69.4. The van der Waals surface area contributed by atoms with Gasteiger partial charge in [0.15, 0.2) is 12.2 Å². The van der Waals surface area contributed by atoms with Gasteiger partial charge in [-0.15, -0.1) is 0 Å². The van der Waals surface area contributed by atoms with E-state index in [9.17, 15) is 43.2 Å². The maximum Gasteiger partial charge on any atom is 0.472 e. The number of carbonyl (C=O) groups excluding carboxylic acids is 4. The summed E-state index contributed by atoms with van der Waals surface area (Å²) in [6, 6.07) is 0. The molecule has 0 saturated heterocycles. The molecule has 0 aromatic carbocycles. The Kier molecular flexibility index (Phi) is 64.3. The van der Waals surface area contributed by atoms with Crippen LogP contribution < -0.4 is 0 Å². The third-order valence-corrected chi connectivity index (χ3v) is 19.3. The lowest BCUT2D eigenvalue weighted by Gasteiger charge is -2.21. The number of aliphatic hydroxyl groups excluding tert-OH is 1. The molecule has 3 N–H and O–H groups in total. The van der Waals surface area contributed by atoms with E-state index in [2.05, 4.69) is 48.5 Å². The van der Waals surface area contributed by atoms with Crippen molar-refractivity contribution < 1.29 is 80.2 Å². The third-order valence-electron chi connectivity index (χ3n) is 17.4. The minimum atomic E-state index is -4.96. The summed E-state index contributed by atoms with van der Waals surface area (Å²) in [5, 5.41) is 10.6. The van der Waals surface area contributed by atoms with Gasteiger partial charge < -0.3 is 33.8 Å². The normalized spacial score (nSPS) is 14.1. The minimum absolute atomic E-state index is 0.103. The molecule has 0 amide bonds. The Labute approximate surface area is 575 Å². The lowest BCUT2D eigenvalue weighted by atomic mass is 10.0. The minimum Gasteiger partial charge on any atom is -0.462 e. The van der Waals surface area contributed by atoms with Crippen LogP contribution in [0.1, 0.15) is 382 Å². The Bertz CT molecular complexity index is 1840. The Morgan fingerprint density at radius 3 is 0.723 bits per heavy atom. The number of phosphoric ester groups is 2. The number of hydrogen-bond acceptors (Lipinski definition) is 15. The van der Waals surface area contributed by atoms with Crippen LogP contribution in [-0.2, 0) is 65.4 Å². The van der Waals surface area contributed by atoms with Crippen LogP contribution in [0.5, 0.6) is 0 Å². The molecule has 0 fully saturated rings. The number of unbranched alkanes of at least 4 members (excludes halogenated alkanes) is 41. The Balaban J connectivity index is 5.19. The molecule has 94 heavy (non-hydrogen) atoms. The first-order valence-corrected chi connectivity index (χ1v) is 41.8. The van der Waals surface area contributed by atoms with E-state index in [4.69, 9.17) is 37.0 Å². The van der Waals surface area contributed by atoms with Crippen molar-refractivity contribution in [3.8, 4) is 0 Å². The molecule has 2 unspecified atom stereocenters. The van der Waals surface area contributed by atoms with E-state index in [1.807, 2.05) is 0 Å². The van der Waals surface area contributed by atoms with Crippen LogP contribution in [0.2, 0.25) is 0 Å². The van der Waals surface area contributed by atoms with Crippen LogP contribution in [0.3, 0.4) is 0 Å². The number of ether oxygens (including phenoxy) is 4. The molecular formula is C75H146O17P2. The quantitative estimate of drug-likeness (QED) is 0.0222. The van der Waals surface area contributed by atoms with Crippen molar-refractivity contribution in [2.24, 2.45) is 17.8 Å². The van der Waals surface area contributed by atoms with Gasteiger partial charge >= 0.3 is 39.5 Å². The van der Waals surface area contributed by atoms with Crippen LogP contribution in [0.15, 0.2) is 0 Å². The summed E-state index contributed by atoms with van der Waals surface area (Å²) in [6.07, 6.45) is 51.6. The van der Waals surface area contributed by atoms with Crippen LogP contribution in [-0.4, -0.2) is 96.7 Å². The fraction of sp³-hybridized carbons (Fsp3) is 0.947. The summed E-state index contributed by atoms with van der Waals surface area (Å²) in [4.78, 5) is 72.7. The standard InChI is InChI=1S/C75H146O17P2/c1-8-9-10-11-12-13-14-21-25-28-34-42-49-56-72(77)85-62-70(91-74(79)58-51-44-35-29-26-23-20-18-16-15-17-19-22-24-27-32-39-46-53-66(2)3)64-89-93(81,82)87-60-69(76)61-88-94(83,84)90-65-71(63-86-73(78)57-50-43-38-37-41-48-55-68(6)7)92-75(80)59-52-45-36-31-30-33-40-47-54-67(4)5/h66-71,76H,8-65H2,1-7H3,(H,81,82)(H,83,84)/t69-,70-,71-/m1/s1. The summed E-state index contributed by atoms with van der Waals surface area (Å²) < 4.78 is 68.4. The van der Waals surface area contributed by atoms with Crippen molar-refractivity contribution in [3.05, 3.63) is 0 Å². The van der Waals surface area contributed by atoms with Crippen LogP contribution in [0.25, 0.3) is 0 Å². The highest BCUT2D eigenvalue weighted by Crippen LogP contribution is 2.45. The van der Waals surface area contributed by atoms with Gasteiger partial charge in [-0.05, 0) is 43.4 Å². The summed E-state index contributed by atoms with van der Waals surface area (Å²) >= 11 is 0.